The molecule has 0 fully saturated rings. The zero-order valence-corrected chi connectivity index (χ0v) is 17.5. The number of hydrogen-bond acceptors (Lipinski definition) is 4. The van der Waals surface area contributed by atoms with Gasteiger partial charge in [0.1, 0.15) is 12.4 Å². The monoisotopic (exact) mass is 403 g/mol. The van der Waals surface area contributed by atoms with Crippen molar-refractivity contribution in [1.29, 1.82) is 0 Å². The van der Waals surface area contributed by atoms with Gasteiger partial charge in [-0.15, -0.1) is 0 Å². The molecule has 2 N–H and O–H groups in total. The molecule has 0 atom stereocenters. The van der Waals surface area contributed by atoms with Gasteiger partial charge in [-0.05, 0) is 54.1 Å². The van der Waals surface area contributed by atoms with Crippen LogP contribution < -0.4 is 4.74 Å². The van der Waals surface area contributed by atoms with Gasteiger partial charge in [0, 0.05) is 13.0 Å². The van der Waals surface area contributed by atoms with Gasteiger partial charge in [-0.3, -0.25) is 0 Å². The molecule has 0 aliphatic rings. The molecule has 0 unspecified atom stereocenters. The van der Waals surface area contributed by atoms with Gasteiger partial charge in [-0.2, -0.15) is 0 Å². The molecule has 156 valence electrons. The number of benzene rings is 3. The molecular formula is C26H29NO3. The number of likely N-dealkylation sites (N-methyl/N-ethyl adjacent to an activating group) is 1. The van der Waals surface area contributed by atoms with Crippen molar-refractivity contribution in [3.8, 4) is 5.75 Å². The first-order valence-electron chi connectivity index (χ1n) is 10.1. The van der Waals surface area contributed by atoms with Crippen molar-refractivity contribution in [3.63, 3.8) is 0 Å². The fraction of sp³-hybridized carbons (Fsp3) is 0.231. The van der Waals surface area contributed by atoms with Crippen LogP contribution in [0.15, 0.2) is 84.9 Å². The number of aliphatic hydroxyl groups is 2. The van der Waals surface area contributed by atoms with E-state index >= 15 is 0 Å². The van der Waals surface area contributed by atoms with Gasteiger partial charge in [0.2, 0.25) is 0 Å². The first-order chi connectivity index (χ1) is 14.5. The van der Waals surface area contributed by atoms with Gasteiger partial charge in [0.15, 0.2) is 6.29 Å². The molecule has 0 aliphatic heterocycles. The topological polar surface area (TPSA) is 52.9 Å². The molecule has 4 heteroatoms. The van der Waals surface area contributed by atoms with Crippen LogP contribution in [0.2, 0.25) is 0 Å². The third-order valence-corrected chi connectivity index (χ3v) is 4.82. The lowest BCUT2D eigenvalue weighted by molar-refractivity contribution is -0.0342. The third kappa shape index (κ3) is 6.04. The lowest BCUT2D eigenvalue weighted by atomic mass is 9.88. The number of aliphatic hydroxyl groups excluding tert-OH is 1. The van der Waals surface area contributed by atoms with E-state index in [9.17, 15) is 10.2 Å². The van der Waals surface area contributed by atoms with Gasteiger partial charge in [-0.1, -0.05) is 72.8 Å². The maximum atomic E-state index is 9.81. The SMILES string of the molecule is CN(C)CCOc1ccc(/C(=C(/CC(O)O)c2ccccc2)c2ccccc2)cc1. The highest BCUT2D eigenvalue weighted by molar-refractivity contribution is 5.98. The van der Waals surface area contributed by atoms with Crippen LogP contribution in [0.1, 0.15) is 23.1 Å². The van der Waals surface area contributed by atoms with Crippen LogP contribution >= 0.6 is 0 Å². The summed E-state index contributed by atoms with van der Waals surface area (Å²) in [6.45, 7) is 1.48. The van der Waals surface area contributed by atoms with E-state index in [1.807, 2.05) is 99.0 Å². The second-order valence-electron chi connectivity index (χ2n) is 7.45. The van der Waals surface area contributed by atoms with Crippen LogP contribution in [-0.4, -0.2) is 48.6 Å². The Morgan fingerprint density at radius 2 is 1.30 bits per heavy atom. The molecule has 4 nitrogen and oxygen atoms in total. The van der Waals surface area contributed by atoms with Gasteiger partial charge in [0.05, 0.1) is 0 Å². The molecule has 0 radical (unpaired) electrons. The Hall–Kier alpha value is -2.92. The molecule has 30 heavy (non-hydrogen) atoms. The Bertz CT molecular complexity index is 933. The molecule has 0 saturated carbocycles. The Balaban J connectivity index is 2.05. The van der Waals surface area contributed by atoms with E-state index in [0.717, 1.165) is 40.1 Å². The Labute approximate surface area is 178 Å². The van der Waals surface area contributed by atoms with Crippen molar-refractivity contribution in [2.75, 3.05) is 27.2 Å². The minimum atomic E-state index is -1.44. The second-order valence-corrected chi connectivity index (χ2v) is 7.45. The highest BCUT2D eigenvalue weighted by Crippen LogP contribution is 2.35. The average molecular weight is 404 g/mol. The van der Waals surface area contributed by atoms with Crippen molar-refractivity contribution < 1.29 is 14.9 Å². The Morgan fingerprint density at radius 3 is 1.83 bits per heavy atom. The van der Waals surface area contributed by atoms with Gasteiger partial charge < -0.3 is 19.8 Å². The van der Waals surface area contributed by atoms with Crippen LogP contribution in [-0.2, 0) is 0 Å². The zero-order chi connectivity index (χ0) is 21.3. The summed E-state index contributed by atoms with van der Waals surface area (Å²) in [6, 6.07) is 27.9. The van der Waals surface area contributed by atoms with Crippen LogP contribution in [0, 0.1) is 0 Å². The molecule has 0 aliphatic carbocycles. The number of ether oxygens (including phenoxy) is 1. The van der Waals surface area contributed by atoms with Gasteiger partial charge >= 0.3 is 0 Å². The highest BCUT2D eigenvalue weighted by Gasteiger charge is 2.16. The molecule has 3 rings (SSSR count). The molecule has 3 aromatic carbocycles. The summed E-state index contributed by atoms with van der Waals surface area (Å²) >= 11 is 0. The lowest BCUT2D eigenvalue weighted by Crippen LogP contribution is -2.19. The predicted molar refractivity (Wildman–Crippen MR) is 122 cm³/mol. The quantitative estimate of drug-likeness (QED) is 0.413. The number of nitrogens with zero attached hydrogens (tertiary/aromatic N) is 1. The van der Waals surface area contributed by atoms with E-state index in [0.29, 0.717) is 6.61 Å². The molecular weight excluding hydrogens is 374 g/mol. The molecule has 0 amide bonds. The maximum Gasteiger partial charge on any atom is 0.155 e. The molecule has 0 bridgehead atoms. The fourth-order valence-electron chi connectivity index (χ4n) is 3.37. The molecule has 0 aromatic heterocycles. The smallest absolute Gasteiger partial charge is 0.155 e. The molecule has 0 heterocycles. The zero-order valence-electron chi connectivity index (χ0n) is 17.5. The maximum absolute atomic E-state index is 9.81. The first-order valence-corrected chi connectivity index (χ1v) is 10.1. The number of hydrogen-bond donors (Lipinski definition) is 2. The Morgan fingerprint density at radius 1 is 0.767 bits per heavy atom. The van der Waals surface area contributed by atoms with Crippen LogP contribution in [0.5, 0.6) is 5.75 Å². The summed E-state index contributed by atoms with van der Waals surface area (Å²) in [4.78, 5) is 2.08. The summed E-state index contributed by atoms with van der Waals surface area (Å²) in [5.41, 5.74) is 4.86. The summed E-state index contributed by atoms with van der Waals surface area (Å²) in [5.74, 6) is 0.816. The highest BCUT2D eigenvalue weighted by atomic mass is 16.5. The van der Waals surface area contributed by atoms with E-state index in [4.69, 9.17) is 4.74 Å². The third-order valence-electron chi connectivity index (χ3n) is 4.82. The van der Waals surface area contributed by atoms with Crippen molar-refractivity contribution >= 4 is 11.1 Å². The largest absolute Gasteiger partial charge is 0.492 e. The minimum Gasteiger partial charge on any atom is -0.492 e. The minimum absolute atomic E-state index is 0.134. The van der Waals surface area contributed by atoms with E-state index in [-0.39, 0.29) is 6.42 Å². The molecule has 0 saturated heterocycles. The standard InChI is InChI=1S/C26H29NO3/c1-27(2)17-18-30-23-15-13-22(14-16-23)26(21-11-7-4-8-12-21)24(19-25(28)29)20-9-5-3-6-10-20/h3-16,25,28-29H,17-19H2,1-2H3/b26-24-. The summed E-state index contributed by atoms with van der Waals surface area (Å²) in [5, 5.41) is 19.6. The van der Waals surface area contributed by atoms with Crippen molar-refractivity contribution in [3.05, 3.63) is 102 Å². The Kier molecular flexibility index (Phi) is 7.80. The molecule has 3 aromatic rings. The second kappa shape index (κ2) is 10.7. The van der Waals surface area contributed by atoms with Crippen molar-refractivity contribution in [2.45, 2.75) is 12.7 Å². The summed E-state index contributed by atoms with van der Waals surface area (Å²) in [6.07, 6.45) is -1.30. The van der Waals surface area contributed by atoms with E-state index in [1.165, 1.54) is 0 Å². The predicted octanol–water partition coefficient (Wildman–Crippen LogP) is 4.29. The van der Waals surface area contributed by atoms with E-state index in [2.05, 4.69) is 4.90 Å². The first kappa shape index (κ1) is 21.8. The van der Waals surface area contributed by atoms with Gasteiger partial charge in [-0.25, -0.2) is 0 Å². The fourth-order valence-corrected chi connectivity index (χ4v) is 3.37. The van der Waals surface area contributed by atoms with Crippen LogP contribution in [0.25, 0.3) is 11.1 Å². The average Bonchev–Trinajstić information content (AvgIpc) is 2.75. The van der Waals surface area contributed by atoms with Crippen molar-refractivity contribution in [2.24, 2.45) is 0 Å². The molecule has 0 spiro atoms. The van der Waals surface area contributed by atoms with Crippen LogP contribution in [0.4, 0.5) is 0 Å². The van der Waals surface area contributed by atoms with Crippen LogP contribution in [0.3, 0.4) is 0 Å². The van der Waals surface area contributed by atoms with E-state index in [1.54, 1.807) is 0 Å². The lowest BCUT2D eigenvalue weighted by Gasteiger charge is -2.19. The van der Waals surface area contributed by atoms with Gasteiger partial charge in [0.25, 0.3) is 0 Å². The summed E-state index contributed by atoms with van der Waals surface area (Å²) < 4.78 is 5.83. The number of rotatable bonds is 9. The van der Waals surface area contributed by atoms with E-state index < -0.39 is 6.29 Å². The summed E-state index contributed by atoms with van der Waals surface area (Å²) in [7, 11) is 4.04. The normalized spacial score (nSPS) is 12.2. The van der Waals surface area contributed by atoms with Crippen molar-refractivity contribution in [1.82, 2.24) is 4.90 Å².